The summed E-state index contributed by atoms with van der Waals surface area (Å²) in [6, 6.07) is 52.6. The third-order valence-corrected chi connectivity index (χ3v) is 8.61. The molecular formula is C40H24O. The molecule has 190 valence electrons. The van der Waals surface area contributed by atoms with Crippen LogP contribution < -0.4 is 0 Å². The second-order valence-electron chi connectivity index (χ2n) is 10.9. The van der Waals surface area contributed by atoms with E-state index in [4.69, 9.17) is 4.42 Å². The van der Waals surface area contributed by atoms with E-state index in [0.717, 1.165) is 32.9 Å². The van der Waals surface area contributed by atoms with Crippen molar-refractivity contribution in [2.24, 2.45) is 0 Å². The summed E-state index contributed by atoms with van der Waals surface area (Å²) >= 11 is 0. The van der Waals surface area contributed by atoms with Gasteiger partial charge in [-0.1, -0.05) is 121 Å². The summed E-state index contributed by atoms with van der Waals surface area (Å²) in [7, 11) is 0. The predicted molar refractivity (Wildman–Crippen MR) is 175 cm³/mol. The second-order valence-corrected chi connectivity index (χ2v) is 10.9. The van der Waals surface area contributed by atoms with Crippen molar-refractivity contribution in [3.05, 3.63) is 146 Å². The van der Waals surface area contributed by atoms with Crippen molar-refractivity contribution in [2.75, 3.05) is 0 Å². The maximum absolute atomic E-state index is 6.78. The highest BCUT2D eigenvalue weighted by molar-refractivity contribution is 6.26. The van der Waals surface area contributed by atoms with E-state index in [1.807, 2.05) is 0 Å². The number of hydrogen-bond acceptors (Lipinski definition) is 1. The second kappa shape index (κ2) is 8.55. The molecule has 0 spiro atoms. The van der Waals surface area contributed by atoms with Crippen molar-refractivity contribution in [2.45, 2.75) is 0 Å². The minimum absolute atomic E-state index is 0.912. The van der Waals surface area contributed by atoms with E-state index in [1.54, 1.807) is 0 Å². The molecule has 0 aliphatic heterocycles. The van der Waals surface area contributed by atoms with E-state index in [2.05, 4.69) is 146 Å². The predicted octanol–water partition coefficient (Wildman–Crippen LogP) is 11.5. The highest BCUT2D eigenvalue weighted by Gasteiger charge is 2.20. The summed E-state index contributed by atoms with van der Waals surface area (Å²) in [6.07, 6.45) is 0. The lowest BCUT2D eigenvalue weighted by Crippen LogP contribution is -1.89. The first kappa shape index (κ1) is 22.4. The third kappa shape index (κ3) is 3.30. The van der Waals surface area contributed by atoms with Crippen LogP contribution in [0.15, 0.2) is 150 Å². The smallest absolute Gasteiger partial charge is 0.143 e. The minimum Gasteiger partial charge on any atom is -0.455 e. The Morgan fingerprint density at radius 2 is 1.00 bits per heavy atom. The number of rotatable bonds is 2. The zero-order chi connectivity index (χ0) is 26.9. The van der Waals surface area contributed by atoms with Gasteiger partial charge in [-0.15, -0.1) is 0 Å². The first-order chi connectivity index (χ1) is 20.3. The SMILES string of the molecule is c1ccc(-c2cc(-c3c4ccccc4cc4c3ccc3ccccc34)c3c(c2)oc2c4ccccc4ccc23)cc1. The highest BCUT2D eigenvalue weighted by atomic mass is 16.3. The van der Waals surface area contributed by atoms with Gasteiger partial charge in [0.05, 0.1) is 0 Å². The summed E-state index contributed by atoms with van der Waals surface area (Å²) in [5, 5.41) is 12.2. The Kier molecular flexibility index (Phi) is 4.67. The Morgan fingerprint density at radius 3 is 1.80 bits per heavy atom. The van der Waals surface area contributed by atoms with Gasteiger partial charge in [-0.05, 0) is 84.2 Å². The lowest BCUT2D eigenvalue weighted by molar-refractivity contribution is 0.673. The molecule has 0 bridgehead atoms. The third-order valence-electron chi connectivity index (χ3n) is 8.61. The normalized spacial score (nSPS) is 11.9. The maximum atomic E-state index is 6.78. The molecule has 0 saturated heterocycles. The maximum Gasteiger partial charge on any atom is 0.143 e. The van der Waals surface area contributed by atoms with Crippen LogP contribution in [0.5, 0.6) is 0 Å². The van der Waals surface area contributed by atoms with Crippen LogP contribution in [0.4, 0.5) is 0 Å². The van der Waals surface area contributed by atoms with E-state index < -0.39 is 0 Å². The zero-order valence-electron chi connectivity index (χ0n) is 22.3. The Morgan fingerprint density at radius 1 is 0.366 bits per heavy atom. The Bertz CT molecular complexity index is 2460. The van der Waals surface area contributed by atoms with Gasteiger partial charge in [0.25, 0.3) is 0 Å². The molecule has 1 nitrogen and oxygen atoms in total. The van der Waals surface area contributed by atoms with Crippen LogP contribution in [-0.2, 0) is 0 Å². The lowest BCUT2D eigenvalue weighted by atomic mass is 9.86. The molecule has 9 aromatic rings. The first-order valence-electron chi connectivity index (χ1n) is 14.1. The molecule has 0 aliphatic rings. The van der Waals surface area contributed by atoms with Crippen molar-refractivity contribution in [1.82, 2.24) is 0 Å². The molecule has 0 unspecified atom stereocenters. The molecule has 1 heteroatoms. The Balaban J connectivity index is 1.52. The van der Waals surface area contributed by atoms with Gasteiger partial charge in [0.1, 0.15) is 11.2 Å². The standard InChI is InChI=1S/C40H24O/c1-2-10-25(11-3-1)29-23-36(39-34-21-19-27-13-5-9-17-32(27)40(34)41-37(39)24-29)38-31-16-8-6-14-28(31)22-35-30-15-7-4-12-26(30)18-20-33(35)38/h1-24H. The van der Waals surface area contributed by atoms with E-state index in [1.165, 1.54) is 54.4 Å². The monoisotopic (exact) mass is 520 g/mol. The van der Waals surface area contributed by atoms with Gasteiger partial charge in [0.2, 0.25) is 0 Å². The van der Waals surface area contributed by atoms with Crippen molar-refractivity contribution < 1.29 is 4.42 Å². The summed E-state index contributed by atoms with van der Waals surface area (Å²) in [4.78, 5) is 0. The van der Waals surface area contributed by atoms with Crippen molar-refractivity contribution in [3.8, 4) is 22.3 Å². The molecule has 0 amide bonds. The van der Waals surface area contributed by atoms with Gasteiger partial charge < -0.3 is 4.42 Å². The topological polar surface area (TPSA) is 13.1 Å². The van der Waals surface area contributed by atoms with Crippen LogP contribution in [0.3, 0.4) is 0 Å². The first-order valence-corrected chi connectivity index (χ1v) is 14.1. The number of furan rings is 1. The van der Waals surface area contributed by atoms with Crippen LogP contribution in [-0.4, -0.2) is 0 Å². The molecular weight excluding hydrogens is 496 g/mol. The van der Waals surface area contributed by atoms with Crippen molar-refractivity contribution >= 4 is 65.0 Å². The average Bonchev–Trinajstić information content (AvgIpc) is 3.43. The average molecular weight is 521 g/mol. The molecule has 8 aromatic carbocycles. The van der Waals surface area contributed by atoms with Crippen LogP contribution >= 0.6 is 0 Å². The lowest BCUT2D eigenvalue weighted by Gasteiger charge is -2.16. The van der Waals surface area contributed by atoms with Crippen LogP contribution in [0, 0.1) is 0 Å². The van der Waals surface area contributed by atoms with E-state index in [9.17, 15) is 0 Å². The molecule has 0 saturated carbocycles. The quantitative estimate of drug-likeness (QED) is 0.163. The summed E-state index contributed by atoms with van der Waals surface area (Å²) < 4.78 is 6.78. The van der Waals surface area contributed by atoms with E-state index in [-0.39, 0.29) is 0 Å². The molecule has 0 radical (unpaired) electrons. The molecule has 1 heterocycles. The number of hydrogen-bond donors (Lipinski definition) is 0. The molecule has 0 fully saturated rings. The van der Waals surface area contributed by atoms with Gasteiger partial charge in [-0.3, -0.25) is 0 Å². The van der Waals surface area contributed by atoms with Crippen LogP contribution in [0.2, 0.25) is 0 Å². The van der Waals surface area contributed by atoms with E-state index >= 15 is 0 Å². The van der Waals surface area contributed by atoms with Crippen molar-refractivity contribution in [3.63, 3.8) is 0 Å². The molecule has 9 rings (SSSR count). The summed E-state index contributed by atoms with van der Waals surface area (Å²) in [5.74, 6) is 0. The number of benzene rings is 8. The fourth-order valence-corrected chi connectivity index (χ4v) is 6.74. The minimum atomic E-state index is 0.912. The van der Waals surface area contributed by atoms with Crippen LogP contribution in [0.1, 0.15) is 0 Å². The van der Waals surface area contributed by atoms with Crippen LogP contribution in [0.25, 0.3) is 87.3 Å². The molecule has 41 heavy (non-hydrogen) atoms. The van der Waals surface area contributed by atoms with Gasteiger partial charge in [-0.25, -0.2) is 0 Å². The van der Waals surface area contributed by atoms with Gasteiger partial charge in [0, 0.05) is 16.2 Å². The molecule has 0 N–H and O–H groups in total. The molecule has 0 atom stereocenters. The van der Waals surface area contributed by atoms with Crippen molar-refractivity contribution in [1.29, 1.82) is 0 Å². The van der Waals surface area contributed by atoms with E-state index in [0.29, 0.717) is 0 Å². The largest absolute Gasteiger partial charge is 0.455 e. The van der Waals surface area contributed by atoms with Gasteiger partial charge >= 0.3 is 0 Å². The van der Waals surface area contributed by atoms with Gasteiger partial charge in [-0.2, -0.15) is 0 Å². The highest BCUT2D eigenvalue weighted by Crippen LogP contribution is 2.46. The fraction of sp³-hybridized carbons (Fsp3) is 0. The fourth-order valence-electron chi connectivity index (χ4n) is 6.74. The molecule has 0 aliphatic carbocycles. The summed E-state index contributed by atoms with van der Waals surface area (Å²) in [6.45, 7) is 0. The Labute approximate surface area is 236 Å². The number of fused-ring (bicyclic) bond motifs is 9. The molecule has 1 aromatic heterocycles. The van der Waals surface area contributed by atoms with Gasteiger partial charge in [0.15, 0.2) is 0 Å². The summed E-state index contributed by atoms with van der Waals surface area (Å²) in [5.41, 5.74) is 6.64. The zero-order valence-corrected chi connectivity index (χ0v) is 22.3. The Hall–Kier alpha value is -5.40.